The summed E-state index contributed by atoms with van der Waals surface area (Å²) >= 11 is 0. The number of halogens is 2. The van der Waals surface area contributed by atoms with E-state index in [2.05, 4.69) is 5.10 Å². The first-order valence-electron chi connectivity index (χ1n) is 5.69. The summed E-state index contributed by atoms with van der Waals surface area (Å²) in [5, 5.41) is 12.3. The highest BCUT2D eigenvalue weighted by atomic mass is 32.2. The second kappa shape index (κ2) is 6.27. The number of carboxylic acid groups (broad SMARTS) is 1. The molecule has 0 unspecified atom stereocenters. The van der Waals surface area contributed by atoms with Gasteiger partial charge in [-0.2, -0.15) is 9.40 Å². The van der Waals surface area contributed by atoms with Crippen molar-refractivity contribution in [2.45, 2.75) is 37.8 Å². The van der Waals surface area contributed by atoms with Crippen LogP contribution in [-0.4, -0.2) is 52.6 Å². The molecule has 20 heavy (non-hydrogen) atoms. The highest BCUT2D eigenvalue weighted by molar-refractivity contribution is 7.89. The van der Waals surface area contributed by atoms with Crippen LogP contribution in [0, 0.1) is 0 Å². The molecule has 0 radical (unpaired) electrons. The van der Waals surface area contributed by atoms with Gasteiger partial charge in [-0.25, -0.2) is 17.2 Å². The summed E-state index contributed by atoms with van der Waals surface area (Å²) in [6, 6.07) is -0.588. The third-order valence-electron chi connectivity index (χ3n) is 2.41. The molecule has 1 heterocycles. The Morgan fingerprint density at radius 1 is 1.50 bits per heavy atom. The Morgan fingerprint density at radius 2 is 2.10 bits per heavy atom. The van der Waals surface area contributed by atoms with Crippen LogP contribution in [0.25, 0.3) is 0 Å². The quantitative estimate of drug-likeness (QED) is 0.797. The standard InChI is InChI=1S/C10H15F2N3O4S/c1-7(2)15(6-10(16)17)20(18,19)8-3-13-14(4-8)5-9(11)12/h3-4,7,9H,5-6H2,1-2H3,(H,16,17). The Balaban J connectivity index is 3.07. The summed E-state index contributed by atoms with van der Waals surface area (Å²) in [5.74, 6) is -1.30. The van der Waals surface area contributed by atoms with E-state index in [1.54, 1.807) is 0 Å². The number of hydrogen-bond acceptors (Lipinski definition) is 4. The summed E-state index contributed by atoms with van der Waals surface area (Å²) in [6.45, 7) is 1.60. The average molecular weight is 311 g/mol. The number of nitrogens with zero attached hydrogens (tertiary/aromatic N) is 3. The van der Waals surface area contributed by atoms with Gasteiger partial charge in [0, 0.05) is 12.2 Å². The average Bonchev–Trinajstić information content (AvgIpc) is 2.73. The van der Waals surface area contributed by atoms with Gasteiger partial charge in [0.05, 0.1) is 6.20 Å². The second-order valence-corrected chi connectivity index (χ2v) is 6.22. The molecule has 0 atom stereocenters. The molecular weight excluding hydrogens is 296 g/mol. The third-order valence-corrected chi connectivity index (χ3v) is 4.38. The molecule has 0 saturated heterocycles. The monoisotopic (exact) mass is 311 g/mol. The maximum Gasteiger partial charge on any atom is 0.318 e. The van der Waals surface area contributed by atoms with E-state index in [0.717, 1.165) is 21.4 Å². The van der Waals surface area contributed by atoms with Crippen molar-refractivity contribution in [1.82, 2.24) is 14.1 Å². The van der Waals surface area contributed by atoms with Crippen LogP contribution in [0.5, 0.6) is 0 Å². The van der Waals surface area contributed by atoms with E-state index in [-0.39, 0.29) is 4.90 Å². The van der Waals surface area contributed by atoms with Gasteiger partial charge in [0.1, 0.15) is 18.0 Å². The second-order valence-electron chi connectivity index (χ2n) is 4.33. The van der Waals surface area contributed by atoms with Gasteiger partial charge in [-0.1, -0.05) is 0 Å². The number of aliphatic carboxylic acids is 1. The summed E-state index contributed by atoms with van der Waals surface area (Å²) in [7, 11) is -4.09. The zero-order chi connectivity index (χ0) is 15.5. The molecule has 0 spiro atoms. The van der Waals surface area contributed by atoms with Crippen molar-refractivity contribution >= 4 is 16.0 Å². The number of hydrogen-bond donors (Lipinski definition) is 1. The maximum atomic E-state index is 12.2. The van der Waals surface area contributed by atoms with Crippen LogP contribution in [0.2, 0.25) is 0 Å². The molecule has 0 aliphatic carbocycles. The van der Waals surface area contributed by atoms with E-state index in [9.17, 15) is 22.0 Å². The molecule has 0 bridgehead atoms. The molecule has 0 aliphatic rings. The Morgan fingerprint density at radius 3 is 2.55 bits per heavy atom. The molecule has 10 heteroatoms. The molecule has 1 N–H and O–H groups in total. The molecule has 0 fully saturated rings. The highest BCUT2D eigenvalue weighted by Crippen LogP contribution is 2.17. The first-order chi connectivity index (χ1) is 9.14. The predicted molar refractivity (Wildman–Crippen MR) is 64.9 cm³/mol. The summed E-state index contributed by atoms with van der Waals surface area (Å²) in [4.78, 5) is 10.4. The van der Waals surface area contributed by atoms with E-state index in [4.69, 9.17) is 5.11 Å². The van der Waals surface area contributed by atoms with Gasteiger partial charge in [-0.05, 0) is 13.8 Å². The fourth-order valence-electron chi connectivity index (χ4n) is 1.53. The van der Waals surface area contributed by atoms with Crippen molar-refractivity contribution in [1.29, 1.82) is 0 Å². The normalized spacial score (nSPS) is 12.6. The Labute approximate surface area is 114 Å². The number of carbonyl (C=O) groups is 1. The SMILES string of the molecule is CC(C)N(CC(=O)O)S(=O)(=O)c1cnn(CC(F)F)c1. The fourth-order valence-corrected chi connectivity index (χ4v) is 3.07. The lowest BCUT2D eigenvalue weighted by Crippen LogP contribution is -2.40. The van der Waals surface area contributed by atoms with E-state index >= 15 is 0 Å². The van der Waals surface area contributed by atoms with E-state index in [0.29, 0.717) is 0 Å². The first-order valence-corrected chi connectivity index (χ1v) is 7.13. The zero-order valence-corrected chi connectivity index (χ0v) is 11.7. The van der Waals surface area contributed by atoms with E-state index in [1.165, 1.54) is 13.8 Å². The molecule has 114 valence electrons. The van der Waals surface area contributed by atoms with Crippen molar-refractivity contribution in [2.75, 3.05) is 6.54 Å². The lowest BCUT2D eigenvalue weighted by atomic mass is 10.4. The van der Waals surface area contributed by atoms with E-state index in [1.807, 2.05) is 0 Å². The topological polar surface area (TPSA) is 92.5 Å². The minimum Gasteiger partial charge on any atom is -0.480 e. The molecule has 0 aromatic carbocycles. The van der Waals surface area contributed by atoms with Crippen molar-refractivity contribution in [3.05, 3.63) is 12.4 Å². The Hall–Kier alpha value is -1.55. The fraction of sp³-hybridized carbons (Fsp3) is 0.600. The third kappa shape index (κ3) is 3.97. The molecule has 1 aromatic rings. The van der Waals surface area contributed by atoms with Crippen LogP contribution in [0.1, 0.15) is 13.8 Å². The Bertz CT molecular complexity index is 571. The molecule has 7 nitrogen and oxygen atoms in total. The van der Waals surface area contributed by atoms with Gasteiger partial charge in [0.2, 0.25) is 10.0 Å². The smallest absolute Gasteiger partial charge is 0.318 e. The minimum absolute atomic E-state index is 0.312. The summed E-state index contributed by atoms with van der Waals surface area (Å²) in [5.41, 5.74) is 0. The number of aromatic nitrogens is 2. The minimum atomic E-state index is -4.09. The maximum absolute atomic E-state index is 12.2. The first kappa shape index (κ1) is 16.5. The lowest BCUT2D eigenvalue weighted by molar-refractivity contribution is -0.137. The van der Waals surface area contributed by atoms with Crippen LogP contribution in [-0.2, 0) is 21.4 Å². The highest BCUT2D eigenvalue weighted by Gasteiger charge is 2.30. The number of alkyl halides is 2. The van der Waals surface area contributed by atoms with Gasteiger partial charge in [0.15, 0.2) is 0 Å². The van der Waals surface area contributed by atoms with Crippen molar-refractivity contribution in [3.63, 3.8) is 0 Å². The number of sulfonamides is 1. The molecule has 0 aliphatic heterocycles. The van der Waals surface area contributed by atoms with Crippen LogP contribution in [0.15, 0.2) is 17.3 Å². The molecule has 0 saturated carbocycles. The van der Waals surface area contributed by atoms with Crippen molar-refractivity contribution in [3.8, 4) is 0 Å². The predicted octanol–water partition coefficient (Wildman–Crippen LogP) is 0.632. The van der Waals surface area contributed by atoms with Crippen molar-refractivity contribution in [2.24, 2.45) is 0 Å². The molecule has 1 rings (SSSR count). The zero-order valence-electron chi connectivity index (χ0n) is 10.9. The van der Waals surface area contributed by atoms with Gasteiger partial charge < -0.3 is 5.11 Å². The number of rotatable bonds is 7. The van der Waals surface area contributed by atoms with Gasteiger partial charge in [0.25, 0.3) is 6.43 Å². The largest absolute Gasteiger partial charge is 0.480 e. The van der Waals surface area contributed by atoms with Gasteiger partial charge in [-0.3, -0.25) is 9.48 Å². The van der Waals surface area contributed by atoms with Gasteiger partial charge in [-0.15, -0.1) is 0 Å². The van der Waals surface area contributed by atoms with Crippen LogP contribution >= 0.6 is 0 Å². The Kier molecular flexibility index (Phi) is 5.17. The molecule has 0 amide bonds. The summed E-state index contributed by atoms with van der Waals surface area (Å²) < 4.78 is 50.4. The van der Waals surface area contributed by atoms with Gasteiger partial charge >= 0.3 is 5.97 Å². The van der Waals surface area contributed by atoms with Crippen molar-refractivity contribution < 1.29 is 27.1 Å². The summed E-state index contributed by atoms with van der Waals surface area (Å²) in [6.07, 6.45) is -0.779. The van der Waals surface area contributed by atoms with Crippen LogP contribution < -0.4 is 0 Å². The van der Waals surface area contributed by atoms with E-state index < -0.39 is 41.5 Å². The lowest BCUT2D eigenvalue weighted by Gasteiger charge is -2.23. The van der Waals surface area contributed by atoms with Crippen LogP contribution in [0.3, 0.4) is 0 Å². The molecular formula is C10H15F2N3O4S. The molecule has 1 aromatic heterocycles. The number of carboxylic acids is 1. The van der Waals surface area contributed by atoms with Crippen LogP contribution in [0.4, 0.5) is 8.78 Å².